The van der Waals surface area contributed by atoms with E-state index in [0.717, 1.165) is 38.4 Å². The fourth-order valence-corrected chi connectivity index (χ4v) is 2.97. The van der Waals surface area contributed by atoms with Crippen molar-refractivity contribution >= 4 is 11.6 Å². The van der Waals surface area contributed by atoms with Gasteiger partial charge in [-0.15, -0.1) is 0 Å². The molecule has 0 radical (unpaired) electrons. The summed E-state index contributed by atoms with van der Waals surface area (Å²) in [6.45, 7) is 4.98. The number of nitriles is 1. The smallest absolute Gasteiger partial charge is 0.238 e. The predicted octanol–water partition coefficient (Wildman–Crippen LogP) is 2.31. The molecule has 128 valence electrons. The minimum absolute atomic E-state index is 0.0340. The first-order valence-corrected chi connectivity index (χ1v) is 8.51. The predicted molar refractivity (Wildman–Crippen MR) is 97.9 cm³/mol. The van der Waals surface area contributed by atoms with Crippen molar-refractivity contribution in [1.82, 2.24) is 9.80 Å². The number of anilines is 1. The summed E-state index contributed by atoms with van der Waals surface area (Å²) in [5.74, 6) is 0.0340. The number of nitrogens with one attached hydrogen (secondary N) is 1. The van der Waals surface area contributed by atoms with E-state index in [1.165, 1.54) is 5.56 Å². The largest absolute Gasteiger partial charge is 0.325 e. The van der Waals surface area contributed by atoms with Crippen LogP contribution in [0.1, 0.15) is 11.1 Å². The minimum atomic E-state index is 0.0340. The van der Waals surface area contributed by atoms with Gasteiger partial charge in [0.2, 0.25) is 5.91 Å². The number of hydrogen-bond acceptors (Lipinski definition) is 4. The molecule has 0 bridgehead atoms. The average molecular weight is 334 g/mol. The number of benzene rings is 2. The molecule has 0 aromatic heterocycles. The van der Waals surface area contributed by atoms with Crippen LogP contribution in [0.4, 0.5) is 5.69 Å². The van der Waals surface area contributed by atoms with Crippen LogP contribution in [-0.4, -0.2) is 48.4 Å². The van der Waals surface area contributed by atoms with Crippen LogP contribution in [0.2, 0.25) is 0 Å². The summed E-state index contributed by atoms with van der Waals surface area (Å²) in [6.07, 6.45) is 0. The SMILES string of the molecule is N#Cc1ccc(CN2CCN(CC(=O)Nc3ccccc3)CC2)cc1. The summed E-state index contributed by atoms with van der Waals surface area (Å²) in [5.41, 5.74) is 2.75. The molecule has 1 aliphatic heterocycles. The van der Waals surface area contributed by atoms with Crippen molar-refractivity contribution in [2.75, 3.05) is 38.0 Å². The maximum absolute atomic E-state index is 12.1. The summed E-state index contributed by atoms with van der Waals surface area (Å²) in [4.78, 5) is 16.7. The zero-order valence-electron chi connectivity index (χ0n) is 14.2. The second-order valence-electron chi connectivity index (χ2n) is 6.28. The van der Waals surface area contributed by atoms with E-state index < -0.39 is 0 Å². The van der Waals surface area contributed by atoms with Crippen molar-refractivity contribution < 1.29 is 4.79 Å². The standard InChI is InChI=1S/C20H22N4O/c21-14-17-6-8-18(9-7-17)15-23-10-12-24(13-11-23)16-20(25)22-19-4-2-1-3-5-19/h1-9H,10-13,15-16H2,(H,22,25). The maximum atomic E-state index is 12.1. The van der Waals surface area contributed by atoms with Crippen molar-refractivity contribution in [2.45, 2.75) is 6.54 Å². The molecule has 1 saturated heterocycles. The third-order valence-electron chi connectivity index (χ3n) is 4.38. The van der Waals surface area contributed by atoms with E-state index in [4.69, 9.17) is 5.26 Å². The number of nitrogens with zero attached hydrogens (tertiary/aromatic N) is 3. The number of rotatable bonds is 5. The Hall–Kier alpha value is -2.68. The number of amides is 1. The van der Waals surface area contributed by atoms with Crippen molar-refractivity contribution in [3.63, 3.8) is 0 Å². The summed E-state index contributed by atoms with van der Waals surface area (Å²) in [7, 11) is 0. The topological polar surface area (TPSA) is 59.4 Å². The molecule has 3 rings (SSSR count). The van der Waals surface area contributed by atoms with Gasteiger partial charge in [0.05, 0.1) is 18.2 Å². The van der Waals surface area contributed by atoms with Gasteiger partial charge in [0.15, 0.2) is 0 Å². The van der Waals surface area contributed by atoms with Crippen LogP contribution >= 0.6 is 0 Å². The van der Waals surface area contributed by atoms with E-state index in [2.05, 4.69) is 21.2 Å². The molecule has 0 saturated carbocycles. The second-order valence-corrected chi connectivity index (χ2v) is 6.28. The Bertz CT molecular complexity index is 729. The van der Waals surface area contributed by atoms with E-state index >= 15 is 0 Å². The van der Waals surface area contributed by atoms with Crippen LogP contribution in [0.3, 0.4) is 0 Å². The van der Waals surface area contributed by atoms with Gasteiger partial charge in [0.25, 0.3) is 0 Å². The summed E-state index contributed by atoms with van der Waals surface area (Å²) >= 11 is 0. The van der Waals surface area contributed by atoms with E-state index in [1.54, 1.807) is 0 Å². The quantitative estimate of drug-likeness (QED) is 0.912. The fraction of sp³-hybridized carbons (Fsp3) is 0.300. The summed E-state index contributed by atoms with van der Waals surface area (Å²) < 4.78 is 0. The highest BCUT2D eigenvalue weighted by atomic mass is 16.2. The molecular formula is C20H22N4O. The van der Waals surface area contributed by atoms with Crippen LogP contribution in [0.15, 0.2) is 54.6 Å². The van der Waals surface area contributed by atoms with Crippen molar-refractivity contribution in [3.8, 4) is 6.07 Å². The Morgan fingerprint density at radius 3 is 2.24 bits per heavy atom. The monoisotopic (exact) mass is 334 g/mol. The second kappa shape index (κ2) is 8.43. The Morgan fingerprint density at radius 1 is 0.960 bits per heavy atom. The Labute approximate surface area is 148 Å². The molecule has 1 amide bonds. The number of hydrogen-bond donors (Lipinski definition) is 1. The van der Waals surface area contributed by atoms with Gasteiger partial charge < -0.3 is 5.32 Å². The van der Waals surface area contributed by atoms with Crippen LogP contribution in [-0.2, 0) is 11.3 Å². The van der Waals surface area contributed by atoms with Crippen LogP contribution < -0.4 is 5.32 Å². The van der Waals surface area contributed by atoms with Crippen LogP contribution in [0.5, 0.6) is 0 Å². The molecule has 1 heterocycles. The van der Waals surface area contributed by atoms with Gasteiger partial charge in [-0.1, -0.05) is 30.3 Å². The zero-order valence-corrected chi connectivity index (χ0v) is 14.2. The third-order valence-corrected chi connectivity index (χ3v) is 4.38. The minimum Gasteiger partial charge on any atom is -0.325 e. The Morgan fingerprint density at radius 2 is 1.60 bits per heavy atom. The molecule has 0 unspecified atom stereocenters. The molecule has 1 aliphatic rings. The first-order chi connectivity index (χ1) is 12.2. The maximum Gasteiger partial charge on any atom is 0.238 e. The normalized spacial score (nSPS) is 15.5. The van der Waals surface area contributed by atoms with Crippen molar-refractivity contribution in [3.05, 3.63) is 65.7 Å². The summed E-state index contributed by atoms with van der Waals surface area (Å²) in [6, 6.07) is 19.4. The van der Waals surface area contributed by atoms with Gasteiger partial charge in [0, 0.05) is 38.4 Å². The Balaban J connectivity index is 1.42. The lowest BCUT2D eigenvalue weighted by molar-refractivity contribution is -0.117. The molecule has 0 atom stereocenters. The molecule has 0 aliphatic carbocycles. The highest BCUT2D eigenvalue weighted by Gasteiger charge is 2.19. The fourth-order valence-electron chi connectivity index (χ4n) is 2.97. The van der Waals surface area contributed by atoms with Gasteiger partial charge in [-0.2, -0.15) is 5.26 Å². The molecule has 25 heavy (non-hydrogen) atoms. The third kappa shape index (κ3) is 5.15. The van der Waals surface area contributed by atoms with E-state index in [0.29, 0.717) is 12.1 Å². The lowest BCUT2D eigenvalue weighted by atomic mass is 10.1. The van der Waals surface area contributed by atoms with E-state index in [1.807, 2.05) is 54.6 Å². The van der Waals surface area contributed by atoms with Gasteiger partial charge in [-0.25, -0.2) is 0 Å². The van der Waals surface area contributed by atoms with Crippen molar-refractivity contribution in [2.24, 2.45) is 0 Å². The Kier molecular flexibility index (Phi) is 5.78. The van der Waals surface area contributed by atoms with Gasteiger partial charge in [-0.05, 0) is 29.8 Å². The van der Waals surface area contributed by atoms with E-state index in [9.17, 15) is 4.79 Å². The molecule has 0 spiro atoms. The van der Waals surface area contributed by atoms with E-state index in [-0.39, 0.29) is 5.91 Å². The van der Waals surface area contributed by atoms with Crippen molar-refractivity contribution in [1.29, 1.82) is 5.26 Å². The number of para-hydroxylation sites is 1. The molecular weight excluding hydrogens is 312 g/mol. The molecule has 1 fully saturated rings. The van der Waals surface area contributed by atoms with Crippen LogP contribution in [0, 0.1) is 11.3 Å². The number of piperazine rings is 1. The molecule has 2 aromatic rings. The lowest BCUT2D eigenvalue weighted by Crippen LogP contribution is -2.48. The molecule has 5 nitrogen and oxygen atoms in total. The highest BCUT2D eigenvalue weighted by molar-refractivity contribution is 5.92. The van der Waals surface area contributed by atoms with Gasteiger partial charge in [-0.3, -0.25) is 14.6 Å². The average Bonchev–Trinajstić information content (AvgIpc) is 2.65. The molecule has 5 heteroatoms. The van der Waals surface area contributed by atoms with Gasteiger partial charge in [0.1, 0.15) is 0 Å². The summed E-state index contributed by atoms with van der Waals surface area (Å²) in [5, 5.41) is 11.8. The number of carbonyl (C=O) groups is 1. The van der Waals surface area contributed by atoms with Gasteiger partial charge >= 0.3 is 0 Å². The first kappa shape index (κ1) is 17.2. The molecule has 1 N–H and O–H groups in total. The molecule has 2 aromatic carbocycles. The first-order valence-electron chi connectivity index (χ1n) is 8.51. The zero-order chi connectivity index (χ0) is 17.5. The lowest BCUT2D eigenvalue weighted by Gasteiger charge is -2.34. The highest BCUT2D eigenvalue weighted by Crippen LogP contribution is 2.10. The van der Waals surface area contributed by atoms with Crippen LogP contribution in [0.25, 0.3) is 0 Å². The number of carbonyl (C=O) groups excluding carboxylic acids is 1.